The molecule has 0 aromatic carbocycles. The lowest BCUT2D eigenvalue weighted by Gasteiger charge is -2.23. The normalized spacial score (nSPS) is 22.2. The van der Waals surface area contributed by atoms with Gasteiger partial charge in [0.2, 0.25) is 5.82 Å². The Bertz CT molecular complexity index is 1110. The van der Waals surface area contributed by atoms with Crippen LogP contribution in [0.3, 0.4) is 0 Å². The highest BCUT2D eigenvalue weighted by Crippen LogP contribution is 2.36. The second-order valence-electron chi connectivity index (χ2n) is 6.61. The zero-order valence-corrected chi connectivity index (χ0v) is 18.0. The third kappa shape index (κ3) is 5.12. The summed E-state index contributed by atoms with van der Waals surface area (Å²) in [5, 5.41) is -0.0352. The van der Waals surface area contributed by atoms with E-state index in [2.05, 4.69) is 26.8 Å². The van der Waals surface area contributed by atoms with Gasteiger partial charge in [-0.3, -0.25) is 19.0 Å². The van der Waals surface area contributed by atoms with Gasteiger partial charge in [-0.15, -0.1) is 0 Å². The maximum atomic E-state index is 12.4. The molecule has 170 valence electrons. The highest BCUT2D eigenvalue weighted by atomic mass is 35.5. The summed E-state index contributed by atoms with van der Waals surface area (Å²) in [4.78, 5) is 47.1. The van der Waals surface area contributed by atoms with E-state index in [9.17, 15) is 18.8 Å². The molecule has 0 amide bonds. The fourth-order valence-corrected chi connectivity index (χ4v) is 3.37. The average molecular weight is 469 g/mol. The van der Waals surface area contributed by atoms with E-state index in [-0.39, 0.29) is 28.7 Å². The molecule has 32 heavy (non-hydrogen) atoms. The van der Waals surface area contributed by atoms with Gasteiger partial charge in [0.1, 0.15) is 18.2 Å². The molecule has 3 heterocycles. The number of carbonyl (C=O) groups is 3. The molecule has 3 rings (SSSR count). The van der Waals surface area contributed by atoms with Crippen molar-refractivity contribution in [2.75, 3.05) is 13.3 Å². The van der Waals surface area contributed by atoms with Gasteiger partial charge in [0, 0.05) is 20.8 Å². The Morgan fingerprint density at radius 3 is 2.47 bits per heavy atom. The summed E-state index contributed by atoms with van der Waals surface area (Å²) >= 11 is 6.15. The van der Waals surface area contributed by atoms with E-state index in [1.165, 1.54) is 31.7 Å². The standard InChI is InChI=1S/C19H18ClFN4O7/c1-9(26)29-7-12-15(30-10(2)27)16(31-11(3)28)19(32-12)25-8-22-14-17(20)23-13(5-4-6-21)24-18(14)25/h8,12,15-16,19H,6-7H2,1-3H3/t12-,15-,16-,19-/m1/s1. The maximum Gasteiger partial charge on any atom is 0.303 e. The van der Waals surface area contributed by atoms with Crippen molar-refractivity contribution >= 4 is 40.7 Å². The Balaban J connectivity index is 2.07. The second kappa shape index (κ2) is 9.88. The number of alkyl halides is 1. The van der Waals surface area contributed by atoms with Gasteiger partial charge in [-0.1, -0.05) is 17.5 Å². The summed E-state index contributed by atoms with van der Waals surface area (Å²) in [6, 6.07) is 0. The Hall–Kier alpha value is -3.30. The van der Waals surface area contributed by atoms with Crippen LogP contribution in [0.1, 0.15) is 32.8 Å². The SMILES string of the molecule is CC(=O)OC[C@H]1O[C@@H](n2cnc3c(Cl)nc(C#CCF)nc32)[C@H](OC(C)=O)[C@@H]1OC(C)=O. The molecule has 0 unspecified atom stereocenters. The lowest BCUT2D eigenvalue weighted by molar-refractivity contribution is -0.166. The number of ether oxygens (including phenoxy) is 4. The lowest BCUT2D eigenvalue weighted by atomic mass is 10.1. The molecule has 0 radical (unpaired) electrons. The van der Waals surface area contributed by atoms with Crippen LogP contribution in [0.25, 0.3) is 11.2 Å². The van der Waals surface area contributed by atoms with E-state index in [1.807, 2.05) is 0 Å². The van der Waals surface area contributed by atoms with E-state index >= 15 is 0 Å². The monoisotopic (exact) mass is 468 g/mol. The molecule has 0 N–H and O–H groups in total. The van der Waals surface area contributed by atoms with Crippen LogP contribution in [0.2, 0.25) is 5.15 Å². The second-order valence-corrected chi connectivity index (χ2v) is 6.97. The Morgan fingerprint density at radius 1 is 1.16 bits per heavy atom. The smallest absolute Gasteiger partial charge is 0.303 e. The summed E-state index contributed by atoms with van der Waals surface area (Å²) in [5.74, 6) is 2.67. The Kier molecular flexibility index (Phi) is 7.22. The first-order chi connectivity index (χ1) is 15.2. The highest BCUT2D eigenvalue weighted by Gasteiger charge is 2.51. The van der Waals surface area contributed by atoms with E-state index in [0.29, 0.717) is 0 Å². The van der Waals surface area contributed by atoms with Crippen molar-refractivity contribution in [3.8, 4) is 11.8 Å². The van der Waals surface area contributed by atoms with E-state index in [4.69, 9.17) is 30.5 Å². The quantitative estimate of drug-likeness (QED) is 0.272. The molecule has 13 heteroatoms. The molecule has 0 spiro atoms. The molecule has 11 nitrogen and oxygen atoms in total. The number of rotatable bonds is 5. The van der Waals surface area contributed by atoms with Gasteiger partial charge < -0.3 is 18.9 Å². The number of hydrogen-bond acceptors (Lipinski definition) is 10. The Labute approximate surface area is 186 Å². The van der Waals surface area contributed by atoms with E-state index in [1.54, 1.807) is 0 Å². The molecule has 4 atom stereocenters. The molecule has 1 fully saturated rings. The van der Waals surface area contributed by atoms with E-state index in [0.717, 1.165) is 0 Å². The third-order valence-electron chi connectivity index (χ3n) is 4.26. The number of aromatic nitrogens is 4. The van der Waals surface area contributed by atoms with Crippen LogP contribution in [0.15, 0.2) is 6.33 Å². The first kappa shape index (κ1) is 23.4. The highest BCUT2D eigenvalue weighted by molar-refractivity contribution is 6.33. The van der Waals surface area contributed by atoms with Crippen molar-refractivity contribution in [1.29, 1.82) is 0 Å². The molecule has 0 aliphatic carbocycles. The van der Waals surface area contributed by atoms with Gasteiger partial charge in [0.05, 0.1) is 6.33 Å². The topological polar surface area (TPSA) is 132 Å². The van der Waals surface area contributed by atoms with E-state index < -0.39 is 49.1 Å². The Morgan fingerprint density at radius 2 is 1.84 bits per heavy atom. The molecule has 2 aromatic rings. The summed E-state index contributed by atoms with van der Waals surface area (Å²) in [6.07, 6.45) is -2.96. The molecule has 0 bridgehead atoms. The molecule has 0 saturated carbocycles. The van der Waals surface area contributed by atoms with Crippen molar-refractivity contribution in [2.45, 2.75) is 45.3 Å². The minimum atomic E-state index is -1.14. The van der Waals surface area contributed by atoms with Gasteiger partial charge in [-0.2, -0.15) is 0 Å². The van der Waals surface area contributed by atoms with Crippen molar-refractivity contribution in [3.63, 3.8) is 0 Å². The molecular formula is C19H18ClFN4O7. The van der Waals surface area contributed by atoms with Crippen LogP contribution < -0.4 is 0 Å². The predicted octanol–water partition coefficient (Wildman–Crippen LogP) is 1.12. The summed E-state index contributed by atoms with van der Waals surface area (Å²) in [6.45, 7) is 2.39. The molecule has 2 aromatic heterocycles. The largest absolute Gasteiger partial charge is 0.463 e. The third-order valence-corrected chi connectivity index (χ3v) is 4.52. The van der Waals surface area contributed by atoms with Crippen molar-refractivity contribution < 1.29 is 37.7 Å². The van der Waals surface area contributed by atoms with Gasteiger partial charge in [0.25, 0.3) is 0 Å². The number of esters is 3. The number of imidazole rings is 1. The lowest BCUT2D eigenvalue weighted by Crippen LogP contribution is -2.40. The zero-order valence-electron chi connectivity index (χ0n) is 17.2. The van der Waals surface area contributed by atoms with Crippen LogP contribution in [0, 0.1) is 11.8 Å². The van der Waals surface area contributed by atoms with Crippen LogP contribution in [0.4, 0.5) is 4.39 Å². The van der Waals surface area contributed by atoms with Gasteiger partial charge in [0.15, 0.2) is 35.9 Å². The number of fused-ring (bicyclic) bond motifs is 1. The van der Waals surface area contributed by atoms with Crippen LogP contribution in [0.5, 0.6) is 0 Å². The first-order valence-corrected chi connectivity index (χ1v) is 9.67. The molecule has 1 saturated heterocycles. The number of hydrogen-bond donors (Lipinski definition) is 0. The van der Waals surface area contributed by atoms with Crippen LogP contribution in [-0.4, -0.2) is 69.0 Å². The maximum absolute atomic E-state index is 12.4. The summed E-state index contributed by atoms with van der Waals surface area (Å²) in [5.41, 5.74) is 0.347. The van der Waals surface area contributed by atoms with Gasteiger partial charge >= 0.3 is 17.9 Å². The first-order valence-electron chi connectivity index (χ1n) is 9.29. The summed E-state index contributed by atoms with van der Waals surface area (Å²) in [7, 11) is 0. The fraction of sp³-hybridized carbons (Fsp3) is 0.474. The van der Waals surface area contributed by atoms with Crippen molar-refractivity contribution in [2.24, 2.45) is 0 Å². The van der Waals surface area contributed by atoms with Crippen LogP contribution in [-0.2, 0) is 33.3 Å². The fourth-order valence-electron chi connectivity index (χ4n) is 3.15. The minimum absolute atomic E-state index is 0.0352. The predicted molar refractivity (Wildman–Crippen MR) is 105 cm³/mol. The van der Waals surface area contributed by atoms with Crippen molar-refractivity contribution in [3.05, 3.63) is 17.3 Å². The number of carbonyl (C=O) groups excluding carboxylic acids is 3. The molecular weight excluding hydrogens is 451 g/mol. The van der Waals surface area contributed by atoms with Crippen molar-refractivity contribution in [1.82, 2.24) is 19.5 Å². The molecule has 1 aliphatic rings. The molecule has 1 aliphatic heterocycles. The van der Waals surface area contributed by atoms with Gasteiger partial charge in [-0.05, 0) is 5.92 Å². The summed E-state index contributed by atoms with van der Waals surface area (Å²) < 4.78 is 35.5. The zero-order chi connectivity index (χ0) is 23.4. The van der Waals surface area contributed by atoms with Crippen LogP contribution >= 0.6 is 11.6 Å². The number of nitrogens with zero attached hydrogens (tertiary/aromatic N) is 4. The minimum Gasteiger partial charge on any atom is -0.463 e. The average Bonchev–Trinajstić information content (AvgIpc) is 3.26. The van der Waals surface area contributed by atoms with Gasteiger partial charge in [-0.25, -0.2) is 19.3 Å². The number of halogens is 2.